The Balaban J connectivity index is 2.09. The van der Waals surface area contributed by atoms with Crippen LogP contribution in [0.25, 0.3) is 0 Å². The van der Waals surface area contributed by atoms with Crippen LogP contribution in [0.3, 0.4) is 0 Å². The first-order valence-corrected chi connectivity index (χ1v) is 6.90. The highest BCUT2D eigenvalue weighted by molar-refractivity contribution is 6.39. The van der Waals surface area contributed by atoms with Gasteiger partial charge in [-0.1, -0.05) is 25.1 Å². The van der Waals surface area contributed by atoms with Crippen molar-refractivity contribution in [3.05, 3.63) is 29.3 Å². The summed E-state index contributed by atoms with van der Waals surface area (Å²) in [5.74, 6) is -1.06. The lowest BCUT2D eigenvalue weighted by molar-refractivity contribution is -0.145. The van der Waals surface area contributed by atoms with Gasteiger partial charge in [-0.05, 0) is 24.5 Å². The second-order valence-electron chi connectivity index (χ2n) is 4.82. The third kappa shape index (κ3) is 3.17. The maximum absolute atomic E-state index is 12.1. The predicted octanol–water partition coefficient (Wildman–Crippen LogP) is 1.35. The SMILES string of the molecule is CCc1cccc(C)c1NC(=O)C(=O)N1CCOCC1. The second kappa shape index (κ2) is 6.52. The van der Waals surface area contributed by atoms with Crippen molar-refractivity contribution >= 4 is 17.5 Å². The van der Waals surface area contributed by atoms with Crippen molar-refractivity contribution in [1.82, 2.24) is 4.90 Å². The van der Waals surface area contributed by atoms with E-state index in [1.165, 1.54) is 4.90 Å². The zero-order chi connectivity index (χ0) is 14.5. The fourth-order valence-electron chi connectivity index (χ4n) is 2.28. The van der Waals surface area contributed by atoms with Crippen LogP contribution in [0.2, 0.25) is 0 Å². The molecular formula is C15H20N2O3. The first kappa shape index (κ1) is 14.5. The first-order chi connectivity index (χ1) is 9.63. The molecule has 0 bridgehead atoms. The van der Waals surface area contributed by atoms with Gasteiger partial charge in [0, 0.05) is 18.8 Å². The molecule has 1 fully saturated rings. The number of para-hydroxylation sites is 1. The van der Waals surface area contributed by atoms with Crippen LogP contribution >= 0.6 is 0 Å². The summed E-state index contributed by atoms with van der Waals surface area (Å²) in [6, 6.07) is 5.84. The number of amides is 2. The van der Waals surface area contributed by atoms with Crippen LogP contribution in [0.4, 0.5) is 5.69 Å². The first-order valence-electron chi connectivity index (χ1n) is 6.90. The highest BCUT2D eigenvalue weighted by Gasteiger charge is 2.24. The molecule has 5 heteroatoms. The number of hydrogen-bond acceptors (Lipinski definition) is 3. The van der Waals surface area contributed by atoms with E-state index < -0.39 is 11.8 Å². The van der Waals surface area contributed by atoms with E-state index in [9.17, 15) is 9.59 Å². The smallest absolute Gasteiger partial charge is 0.313 e. The third-order valence-corrected chi connectivity index (χ3v) is 3.47. The lowest BCUT2D eigenvalue weighted by atomic mass is 10.1. The van der Waals surface area contributed by atoms with Gasteiger partial charge < -0.3 is 15.0 Å². The lowest BCUT2D eigenvalue weighted by Crippen LogP contribution is -2.46. The van der Waals surface area contributed by atoms with E-state index in [4.69, 9.17) is 4.74 Å². The normalized spacial score (nSPS) is 15.0. The molecule has 0 aromatic heterocycles. The third-order valence-electron chi connectivity index (χ3n) is 3.47. The monoisotopic (exact) mass is 276 g/mol. The number of aryl methyl sites for hydroxylation is 2. The van der Waals surface area contributed by atoms with Crippen LogP contribution in [0.15, 0.2) is 18.2 Å². The van der Waals surface area contributed by atoms with Crippen molar-refractivity contribution in [2.75, 3.05) is 31.6 Å². The Morgan fingerprint density at radius 2 is 2.00 bits per heavy atom. The van der Waals surface area contributed by atoms with Gasteiger partial charge in [0.25, 0.3) is 0 Å². The average Bonchev–Trinajstić information content (AvgIpc) is 2.49. The summed E-state index contributed by atoms with van der Waals surface area (Å²) in [5.41, 5.74) is 2.75. The van der Waals surface area contributed by atoms with Gasteiger partial charge in [0.05, 0.1) is 13.2 Å². The summed E-state index contributed by atoms with van der Waals surface area (Å²) >= 11 is 0. The Kier molecular flexibility index (Phi) is 4.74. The minimum Gasteiger partial charge on any atom is -0.378 e. The van der Waals surface area contributed by atoms with Crippen molar-refractivity contribution < 1.29 is 14.3 Å². The van der Waals surface area contributed by atoms with Gasteiger partial charge in [0.15, 0.2) is 0 Å². The minimum absolute atomic E-state index is 0.473. The number of hydrogen-bond donors (Lipinski definition) is 1. The van der Waals surface area contributed by atoms with E-state index >= 15 is 0 Å². The molecule has 0 saturated carbocycles. The summed E-state index contributed by atoms with van der Waals surface area (Å²) in [7, 11) is 0. The highest BCUT2D eigenvalue weighted by Crippen LogP contribution is 2.21. The number of anilines is 1. The molecule has 2 rings (SSSR count). The molecular weight excluding hydrogens is 256 g/mol. The molecule has 1 N–H and O–H groups in total. The van der Waals surface area contributed by atoms with E-state index in [1.807, 2.05) is 32.0 Å². The van der Waals surface area contributed by atoms with Crippen molar-refractivity contribution in [1.29, 1.82) is 0 Å². The van der Waals surface area contributed by atoms with E-state index in [2.05, 4.69) is 5.32 Å². The molecule has 5 nitrogen and oxygen atoms in total. The molecule has 0 spiro atoms. The topological polar surface area (TPSA) is 58.6 Å². The Morgan fingerprint density at radius 1 is 1.30 bits per heavy atom. The van der Waals surface area contributed by atoms with E-state index in [1.54, 1.807) is 0 Å². The number of carbonyl (C=O) groups excluding carboxylic acids is 2. The molecule has 2 amide bonds. The Morgan fingerprint density at radius 3 is 2.65 bits per heavy atom. The molecule has 0 unspecified atom stereocenters. The van der Waals surface area contributed by atoms with Crippen molar-refractivity contribution in [3.63, 3.8) is 0 Å². The summed E-state index contributed by atoms with van der Waals surface area (Å²) in [5, 5.41) is 2.76. The van der Waals surface area contributed by atoms with Crippen molar-refractivity contribution in [2.24, 2.45) is 0 Å². The van der Waals surface area contributed by atoms with Gasteiger partial charge in [-0.2, -0.15) is 0 Å². The number of rotatable bonds is 2. The number of nitrogens with zero attached hydrogens (tertiary/aromatic N) is 1. The number of carbonyl (C=O) groups is 2. The van der Waals surface area contributed by atoms with Crippen LogP contribution in [0, 0.1) is 6.92 Å². The van der Waals surface area contributed by atoms with Crippen molar-refractivity contribution in [2.45, 2.75) is 20.3 Å². The zero-order valence-corrected chi connectivity index (χ0v) is 11.9. The van der Waals surface area contributed by atoms with Gasteiger partial charge in [-0.25, -0.2) is 0 Å². The molecule has 1 aliphatic rings. The van der Waals surface area contributed by atoms with Crippen LogP contribution in [-0.4, -0.2) is 43.0 Å². The Bertz CT molecular complexity index is 508. The van der Waals surface area contributed by atoms with E-state index in [0.717, 1.165) is 23.2 Å². The molecule has 0 aliphatic carbocycles. The van der Waals surface area contributed by atoms with Crippen LogP contribution in [0.5, 0.6) is 0 Å². The second-order valence-corrected chi connectivity index (χ2v) is 4.82. The molecule has 108 valence electrons. The number of benzene rings is 1. The van der Waals surface area contributed by atoms with Crippen LogP contribution in [0.1, 0.15) is 18.1 Å². The summed E-state index contributed by atoms with van der Waals surface area (Å²) in [4.78, 5) is 25.7. The highest BCUT2D eigenvalue weighted by atomic mass is 16.5. The molecule has 1 heterocycles. The standard InChI is InChI=1S/C15H20N2O3/c1-3-12-6-4-5-11(2)13(12)16-14(18)15(19)17-7-9-20-10-8-17/h4-6H,3,7-10H2,1-2H3,(H,16,18). The Labute approximate surface area is 118 Å². The maximum atomic E-state index is 12.1. The molecule has 1 aromatic carbocycles. The average molecular weight is 276 g/mol. The fraction of sp³-hybridized carbons (Fsp3) is 0.467. The molecule has 0 radical (unpaired) electrons. The quantitative estimate of drug-likeness (QED) is 0.830. The summed E-state index contributed by atoms with van der Waals surface area (Å²) in [6.07, 6.45) is 0.809. The van der Waals surface area contributed by atoms with Gasteiger partial charge in [-0.3, -0.25) is 9.59 Å². The van der Waals surface area contributed by atoms with Crippen LogP contribution in [-0.2, 0) is 20.7 Å². The van der Waals surface area contributed by atoms with Gasteiger partial charge in [0.1, 0.15) is 0 Å². The van der Waals surface area contributed by atoms with E-state index in [-0.39, 0.29) is 0 Å². The maximum Gasteiger partial charge on any atom is 0.313 e. The molecule has 1 aliphatic heterocycles. The zero-order valence-electron chi connectivity index (χ0n) is 11.9. The number of nitrogens with one attached hydrogen (secondary N) is 1. The number of morpholine rings is 1. The molecule has 0 atom stereocenters. The van der Waals surface area contributed by atoms with Gasteiger partial charge in [-0.15, -0.1) is 0 Å². The summed E-state index contributed by atoms with van der Waals surface area (Å²) in [6.45, 7) is 5.87. The largest absolute Gasteiger partial charge is 0.378 e. The number of ether oxygens (including phenoxy) is 1. The molecule has 1 saturated heterocycles. The van der Waals surface area contributed by atoms with Crippen LogP contribution < -0.4 is 5.32 Å². The molecule has 20 heavy (non-hydrogen) atoms. The van der Waals surface area contributed by atoms with Crippen molar-refractivity contribution in [3.8, 4) is 0 Å². The summed E-state index contributed by atoms with van der Waals surface area (Å²) < 4.78 is 5.18. The van der Waals surface area contributed by atoms with Gasteiger partial charge >= 0.3 is 11.8 Å². The van der Waals surface area contributed by atoms with Gasteiger partial charge in [0.2, 0.25) is 0 Å². The van der Waals surface area contributed by atoms with E-state index in [0.29, 0.717) is 26.3 Å². The minimum atomic E-state index is -0.573. The Hall–Kier alpha value is -1.88. The predicted molar refractivity (Wildman–Crippen MR) is 76.6 cm³/mol. The molecule has 1 aromatic rings. The lowest BCUT2D eigenvalue weighted by Gasteiger charge is -2.26. The fourth-order valence-corrected chi connectivity index (χ4v) is 2.28.